The molecule has 0 spiro atoms. The first-order chi connectivity index (χ1) is 9.68. The zero-order valence-corrected chi connectivity index (χ0v) is 13.4. The van der Waals surface area contributed by atoms with Crippen LogP contribution in [0, 0.1) is 0 Å². The standard InChI is InChI=1S/C15H19O3PS/c1-3-18-19(16,14-7-5-4-6-8-14)20-15-11-9-13(17-2)10-12-15/h4-12,16,20H,3H2,1-2H3. The molecule has 1 N–H and O–H groups in total. The van der Waals surface area contributed by atoms with Crippen molar-refractivity contribution in [3.05, 3.63) is 54.6 Å². The topological polar surface area (TPSA) is 38.7 Å². The normalized spacial score (nSPS) is 13.8. The van der Waals surface area contributed by atoms with Gasteiger partial charge in [-0.3, -0.25) is 0 Å². The van der Waals surface area contributed by atoms with Gasteiger partial charge in [-0.25, -0.2) is 0 Å². The molecule has 0 amide bonds. The van der Waals surface area contributed by atoms with Gasteiger partial charge in [0.05, 0.1) is 13.7 Å². The Morgan fingerprint density at radius 2 is 1.70 bits per heavy atom. The van der Waals surface area contributed by atoms with Crippen LogP contribution >= 0.6 is 6.49 Å². The van der Waals surface area contributed by atoms with E-state index in [1.165, 1.54) is 0 Å². The van der Waals surface area contributed by atoms with Gasteiger partial charge < -0.3 is 14.2 Å². The van der Waals surface area contributed by atoms with Crippen molar-refractivity contribution >= 4 is 22.7 Å². The van der Waals surface area contributed by atoms with Crippen LogP contribution in [-0.2, 0) is 15.5 Å². The molecule has 0 aliphatic heterocycles. The molecule has 0 heterocycles. The third-order valence-electron chi connectivity index (χ3n) is 2.73. The highest BCUT2D eigenvalue weighted by molar-refractivity contribution is 8.22. The Kier molecular flexibility index (Phi) is 5.44. The fraction of sp³-hybridized carbons (Fsp3) is 0.200. The Morgan fingerprint density at radius 1 is 1.05 bits per heavy atom. The Morgan fingerprint density at radius 3 is 2.25 bits per heavy atom. The van der Waals surface area contributed by atoms with E-state index in [1.807, 2.05) is 61.5 Å². The van der Waals surface area contributed by atoms with E-state index >= 15 is 0 Å². The van der Waals surface area contributed by atoms with Crippen LogP contribution in [0.15, 0.2) is 59.5 Å². The van der Waals surface area contributed by atoms with Gasteiger partial charge in [-0.2, -0.15) is 0 Å². The average Bonchev–Trinajstić information content (AvgIpc) is 2.49. The van der Waals surface area contributed by atoms with Gasteiger partial charge in [0.2, 0.25) is 0 Å². The highest BCUT2D eigenvalue weighted by Crippen LogP contribution is 2.44. The van der Waals surface area contributed by atoms with Crippen LogP contribution in [0.3, 0.4) is 0 Å². The maximum absolute atomic E-state index is 10.9. The predicted octanol–water partition coefficient (Wildman–Crippen LogP) is 2.99. The maximum atomic E-state index is 10.9. The van der Waals surface area contributed by atoms with E-state index < -0.39 is 6.49 Å². The first-order valence-corrected chi connectivity index (χ1v) is 9.63. The lowest BCUT2D eigenvalue weighted by atomic mass is 10.3. The van der Waals surface area contributed by atoms with E-state index in [1.54, 1.807) is 7.11 Å². The minimum atomic E-state index is -2.64. The van der Waals surface area contributed by atoms with E-state index in [-0.39, 0.29) is 0 Å². The van der Waals surface area contributed by atoms with Crippen molar-refractivity contribution in [3.8, 4) is 5.75 Å². The fourth-order valence-corrected chi connectivity index (χ4v) is 6.21. The highest BCUT2D eigenvalue weighted by atomic mass is 32.5. The molecule has 0 saturated carbocycles. The summed E-state index contributed by atoms with van der Waals surface area (Å²) in [7, 11) is 2.44. The first-order valence-electron chi connectivity index (χ1n) is 6.37. The summed E-state index contributed by atoms with van der Waals surface area (Å²) >= 11 is 0. The Hall–Kier alpha value is -1.06. The number of thiol groups is 1. The summed E-state index contributed by atoms with van der Waals surface area (Å²) < 4.78 is 10.8. The van der Waals surface area contributed by atoms with Crippen molar-refractivity contribution < 1.29 is 14.2 Å². The van der Waals surface area contributed by atoms with Crippen LogP contribution in [0.4, 0.5) is 0 Å². The lowest BCUT2D eigenvalue weighted by Crippen LogP contribution is -2.07. The van der Waals surface area contributed by atoms with Gasteiger partial charge >= 0.3 is 0 Å². The third-order valence-corrected chi connectivity index (χ3v) is 7.66. The molecular formula is C15H19O3PS. The molecule has 0 fully saturated rings. The summed E-state index contributed by atoms with van der Waals surface area (Å²) in [4.78, 5) is 11.9. The van der Waals surface area contributed by atoms with Crippen molar-refractivity contribution in [1.29, 1.82) is 0 Å². The second-order valence-corrected chi connectivity index (χ2v) is 8.90. The molecule has 2 aromatic carbocycles. The molecule has 2 aromatic rings. The van der Waals surface area contributed by atoms with Crippen molar-refractivity contribution in [2.75, 3.05) is 13.7 Å². The summed E-state index contributed by atoms with van der Waals surface area (Å²) in [5, 5.41) is 0.860. The molecule has 20 heavy (non-hydrogen) atoms. The van der Waals surface area contributed by atoms with Gasteiger partial charge in [0.1, 0.15) is 5.75 Å². The molecule has 0 aliphatic rings. The Bertz CT molecular complexity index is 596. The molecule has 1 unspecified atom stereocenters. The van der Waals surface area contributed by atoms with E-state index in [0.717, 1.165) is 26.9 Å². The van der Waals surface area contributed by atoms with Gasteiger partial charge in [-0.1, -0.05) is 18.2 Å². The number of hydrogen-bond donors (Lipinski definition) is 2. The third kappa shape index (κ3) is 3.74. The molecule has 0 bridgehead atoms. The van der Waals surface area contributed by atoms with Crippen LogP contribution in [0.5, 0.6) is 5.75 Å². The predicted molar refractivity (Wildman–Crippen MR) is 86.9 cm³/mol. The quantitative estimate of drug-likeness (QED) is 0.659. The molecule has 108 valence electrons. The van der Waals surface area contributed by atoms with Crippen LogP contribution in [0.2, 0.25) is 0 Å². The van der Waals surface area contributed by atoms with Crippen molar-refractivity contribution in [3.63, 3.8) is 0 Å². The molecular weight excluding hydrogens is 291 g/mol. The number of hydrogen-bond acceptors (Lipinski definition) is 2. The molecule has 0 saturated heterocycles. The van der Waals surface area contributed by atoms with Crippen LogP contribution in [-0.4, -0.2) is 18.6 Å². The molecule has 5 heteroatoms. The van der Waals surface area contributed by atoms with E-state index in [9.17, 15) is 4.89 Å². The summed E-state index contributed by atoms with van der Waals surface area (Å²) in [5.74, 6) is 0.807. The smallest absolute Gasteiger partial charge is 0.178 e. The number of ether oxygens (including phenoxy) is 1. The van der Waals surface area contributed by atoms with Crippen LogP contribution in [0.25, 0.3) is 0 Å². The maximum Gasteiger partial charge on any atom is 0.178 e. The highest BCUT2D eigenvalue weighted by Gasteiger charge is 2.16. The van der Waals surface area contributed by atoms with Gasteiger partial charge in [-0.15, -0.1) is 10.9 Å². The number of benzene rings is 2. The minimum Gasteiger partial charge on any atom is -0.497 e. The summed E-state index contributed by atoms with van der Waals surface area (Å²) in [5.41, 5.74) is 0. The van der Waals surface area contributed by atoms with E-state index in [4.69, 9.17) is 9.26 Å². The monoisotopic (exact) mass is 310 g/mol. The van der Waals surface area contributed by atoms with Crippen molar-refractivity contribution in [2.24, 2.45) is 0 Å². The summed E-state index contributed by atoms with van der Waals surface area (Å²) in [6, 6.07) is 17.3. The SMILES string of the molecule is CCOP(O)(=[SH]c1ccc(OC)cc1)c1ccccc1. The lowest BCUT2D eigenvalue weighted by Gasteiger charge is -2.19. The molecule has 0 aromatic heterocycles. The van der Waals surface area contributed by atoms with Crippen molar-refractivity contribution in [1.82, 2.24) is 0 Å². The van der Waals surface area contributed by atoms with Gasteiger partial charge in [-0.05, 0) is 43.3 Å². The second kappa shape index (κ2) is 7.09. The Labute approximate surface area is 123 Å². The molecule has 2 rings (SSSR count). The minimum absolute atomic E-state index is 0.488. The molecule has 1 atom stereocenters. The fourth-order valence-electron chi connectivity index (χ4n) is 1.77. The van der Waals surface area contributed by atoms with Crippen LogP contribution < -0.4 is 10.0 Å². The van der Waals surface area contributed by atoms with Gasteiger partial charge in [0, 0.05) is 10.2 Å². The van der Waals surface area contributed by atoms with Crippen LogP contribution in [0.1, 0.15) is 6.92 Å². The average molecular weight is 310 g/mol. The number of rotatable bonds is 5. The zero-order chi connectivity index (χ0) is 14.4. The Balaban J connectivity index is 2.43. The number of methoxy groups -OCH3 is 1. The first kappa shape index (κ1) is 15.3. The van der Waals surface area contributed by atoms with Gasteiger partial charge in [0.25, 0.3) is 0 Å². The van der Waals surface area contributed by atoms with Gasteiger partial charge in [0.15, 0.2) is 6.49 Å². The summed E-state index contributed by atoms with van der Waals surface area (Å²) in [6.07, 6.45) is 0. The zero-order valence-electron chi connectivity index (χ0n) is 11.6. The lowest BCUT2D eigenvalue weighted by molar-refractivity contribution is 0.335. The molecule has 3 nitrogen and oxygen atoms in total. The van der Waals surface area contributed by atoms with E-state index in [2.05, 4.69) is 0 Å². The second-order valence-electron chi connectivity index (χ2n) is 4.10. The molecule has 0 aliphatic carbocycles. The largest absolute Gasteiger partial charge is 0.497 e. The van der Waals surface area contributed by atoms with E-state index in [0.29, 0.717) is 6.61 Å². The molecule has 0 radical (unpaired) electrons. The summed E-state index contributed by atoms with van der Waals surface area (Å²) in [6.45, 7) is -0.247. The van der Waals surface area contributed by atoms with Crippen molar-refractivity contribution in [2.45, 2.75) is 11.8 Å².